The van der Waals surface area contributed by atoms with Crippen LogP contribution in [0.15, 0.2) is 23.1 Å². The largest absolute Gasteiger partial charge is 0.490 e. The van der Waals surface area contributed by atoms with Crippen LogP contribution in [-0.4, -0.2) is 45.0 Å². The highest BCUT2D eigenvalue weighted by Crippen LogP contribution is 2.34. The minimum absolute atomic E-state index is 0. The molecule has 3 aliphatic heterocycles. The van der Waals surface area contributed by atoms with Crippen LogP contribution in [0.5, 0.6) is 5.75 Å². The van der Waals surface area contributed by atoms with E-state index in [2.05, 4.69) is 5.32 Å². The number of nitrogens with one attached hydrogen (secondary N) is 1. The summed E-state index contributed by atoms with van der Waals surface area (Å²) in [4.78, 5) is 0.409. The van der Waals surface area contributed by atoms with Crippen LogP contribution in [0.2, 0.25) is 0 Å². The van der Waals surface area contributed by atoms with Crippen LogP contribution in [0.1, 0.15) is 12.5 Å². The molecule has 3 heterocycles. The van der Waals surface area contributed by atoms with E-state index in [1.807, 2.05) is 6.92 Å². The van der Waals surface area contributed by atoms with Gasteiger partial charge in [0.15, 0.2) is 0 Å². The van der Waals surface area contributed by atoms with Gasteiger partial charge in [0.1, 0.15) is 11.9 Å². The van der Waals surface area contributed by atoms with Crippen LogP contribution in [0, 0.1) is 11.8 Å². The topological polar surface area (TPSA) is 58.6 Å². The summed E-state index contributed by atoms with van der Waals surface area (Å²) < 4.78 is 32.9. The Hall–Kier alpha value is -0.820. The molecule has 22 heavy (non-hydrogen) atoms. The number of hydrogen-bond donors (Lipinski definition) is 1. The van der Waals surface area contributed by atoms with E-state index in [0.717, 1.165) is 30.8 Å². The van der Waals surface area contributed by atoms with E-state index < -0.39 is 10.0 Å². The molecule has 5 nitrogen and oxygen atoms in total. The molecule has 7 heteroatoms. The van der Waals surface area contributed by atoms with Gasteiger partial charge in [0.2, 0.25) is 10.0 Å². The fraction of sp³-hybridized carbons (Fsp3) is 0.600. The molecule has 1 unspecified atom stereocenters. The van der Waals surface area contributed by atoms with Gasteiger partial charge in [-0.1, -0.05) is 0 Å². The van der Waals surface area contributed by atoms with Crippen LogP contribution in [0.4, 0.5) is 0 Å². The van der Waals surface area contributed by atoms with Crippen molar-refractivity contribution in [2.45, 2.75) is 24.3 Å². The van der Waals surface area contributed by atoms with E-state index in [1.54, 1.807) is 22.5 Å². The number of benzene rings is 1. The van der Waals surface area contributed by atoms with Crippen molar-refractivity contribution in [1.29, 1.82) is 0 Å². The molecule has 3 aliphatic rings. The standard InChI is InChI=1S/C15H20N2O3S.ClH/c1-10-4-11-5-14(2-3-15(11)20-10)21(18,19)17-8-12-6-16-7-13(12)9-17;/h2-3,5,10,12-13,16H,4,6-9H2,1H3;1H/t10?,12-,13+;. The zero-order valence-electron chi connectivity index (χ0n) is 12.5. The smallest absolute Gasteiger partial charge is 0.243 e. The molecule has 4 rings (SSSR count). The zero-order chi connectivity index (χ0) is 14.6. The predicted octanol–water partition coefficient (Wildman–Crippen LogP) is 1.27. The summed E-state index contributed by atoms with van der Waals surface area (Å²) in [6.45, 7) is 5.16. The summed E-state index contributed by atoms with van der Waals surface area (Å²) in [6, 6.07) is 5.27. The lowest BCUT2D eigenvalue weighted by Gasteiger charge is -2.17. The number of nitrogens with zero attached hydrogens (tertiary/aromatic N) is 1. The van der Waals surface area contributed by atoms with Crippen LogP contribution in [0.3, 0.4) is 0 Å². The Bertz CT molecular complexity index is 667. The number of ether oxygens (including phenoxy) is 1. The molecule has 0 radical (unpaired) electrons. The Morgan fingerprint density at radius 3 is 2.59 bits per heavy atom. The fourth-order valence-electron chi connectivity index (χ4n) is 3.72. The number of rotatable bonds is 2. The van der Waals surface area contributed by atoms with Crippen LogP contribution < -0.4 is 10.1 Å². The summed E-state index contributed by atoms with van der Waals surface area (Å²) in [7, 11) is -3.37. The van der Waals surface area contributed by atoms with Crippen molar-refractivity contribution in [3.8, 4) is 5.75 Å². The average molecular weight is 345 g/mol. The predicted molar refractivity (Wildman–Crippen MR) is 86.1 cm³/mol. The molecule has 2 fully saturated rings. The molecule has 0 spiro atoms. The van der Waals surface area contributed by atoms with E-state index in [1.165, 1.54) is 0 Å². The zero-order valence-corrected chi connectivity index (χ0v) is 14.1. The van der Waals surface area contributed by atoms with Gasteiger partial charge in [0.05, 0.1) is 4.90 Å². The number of hydrogen-bond acceptors (Lipinski definition) is 4. The fourth-order valence-corrected chi connectivity index (χ4v) is 5.32. The molecule has 0 aliphatic carbocycles. The first-order valence-electron chi connectivity index (χ1n) is 7.54. The molecule has 1 aromatic rings. The van der Waals surface area contributed by atoms with Gasteiger partial charge >= 0.3 is 0 Å². The molecule has 1 aromatic carbocycles. The highest BCUT2D eigenvalue weighted by Gasteiger charge is 2.41. The minimum atomic E-state index is -3.37. The Morgan fingerprint density at radius 1 is 1.23 bits per heavy atom. The molecule has 1 N–H and O–H groups in total. The van der Waals surface area contributed by atoms with Gasteiger partial charge in [-0.2, -0.15) is 4.31 Å². The van der Waals surface area contributed by atoms with E-state index in [0.29, 0.717) is 29.8 Å². The quantitative estimate of drug-likeness (QED) is 0.878. The number of halogens is 1. The van der Waals surface area contributed by atoms with Crippen molar-refractivity contribution in [3.63, 3.8) is 0 Å². The maximum Gasteiger partial charge on any atom is 0.243 e. The third kappa shape index (κ3) is 2.52. The van der Waals surface area contributed by atoms with E-state index in [9.17, 15) is 8.42 Å². The first-order chi connectivity index (χ1) is 10.0. The molecule has 0 amide bonds. The summed E-state index contributed by atoms with van der Waals surface area (Å²) in [5.74, 6) is 1.76. The molecular weight excluding hydrogens is 324 g/mol. The third-order valence-corrected chi connectivity index (χ3v) is 6.69. The maximum atomic E-state index is 12.8. The maximum absolute atomic E-state index is 12.8. The molecule has 122 valence electrons. The molecule has 0 bridgehead atoms. The van der Waals surface area contributed by atoms with Crippen LogP contribution >= 0.6 is 12.4 Å². The summed E-state index contributed by atoms with van der Waals surface area (Å²) in [6.07, 6.45) is 0.920. The molecule has 3 atom stereocenters. The van der Waals surface area contributed by atoms with Crippen molar-refractivity contribution in [2.75, 3.05) is 26.2 Å². The molecular formula is C15H21ClN2O3S. The molecule has 0 saturated carbocycles. The Morgan fingerprint density at radius 2 is 1.91 bits per heavy atom. The van der Waals surface area contributed by atoms with Gasteiger partial charge in [-0.15, -0.1) is 12.4 Å². The van der Waals surface area contributed by atoms with Crippen molar-refractivity contribution in [3.05, 3.63) is 23.8 Å². The lowest BCUT2D eigenvalue weighted by Crippen LogP contribution is -2.32. The second-order valence-electron chi connectivity index (χ2n) is 6.40. The van der Waals surface area contributed by atoms with E-state index >= 15 is 0 Å². The summed E-state index contributed by atoms with van der Waals surface area (Å²) in [5.41, 5.74) is 1.00. The second-order valence-corrected chi connectivity index (χ2v) is 8.34. The molecule has 2 saturated heterocycles. The first-order valence-corrected chi connectivity index (χ1v) is 8.98. The van der Waals surface area contributed by atoms with E-state index in [-0.39, 0.29) is 18.5 Å². The summed E-state index contributed by atoms with van der Waals surface area (Å²) in [5, 5.41) is 3.34. The highest BCUT2D eigenvalue weighted by atomic mass is 35.5. The normalized spacial score (nSPS) is 30.5. The number of sulfonamides is 1. The summed E-state index contributed by atoms with van der Waals surface area (Å²) >= 11 is 0. The van der Waals surface area contributed by atoms with Crippen LogP contribution in [0.25, 0.3) is 0 Å². The lowest BCUT2D eigenvalue weighted by molar-refractivity contribution is 0.254. The first kappa shape index (κ1) is 16.1. The Balaban J connectivity index is 0.00000144. The SMILES string of the molecule is CC1Cc2cc(S(=O)(=O)N3C[C@H]4CNC[C@H]4C3)ccc2O1.Cl. The van der Waals surface area contributed by atoms with Gasteiger partial charge in [-0.3, -0.25) is 0 Å². The number of fused-ring (bicyclic) bond motifs is 2. The van der Waals surface area contributed by atoms with Gasteiger partial charge < -0.3 is 10.1 Å². The lowest BCUT2D eigenvalue weighted by atomic mass is 10.0. The van der Waals surface area contributed by atoms with Crippen molar-refractivity contribution < 1.29 is 13.2 Å². The van der Waals surface area contributed by atoms with Gasteiger partial charge in [-0.05, 0) is 55.6 Å². The van der Waals surface area contributed by atoms with Gasteiger partial charge in [0.25, 0.3) is 0 Å². The van der Waals surface area contributed by atoms with E-state index in [4.69, 9.17) is 4.74 Å². The van der Waals surface area contributed by atoms with Crippen molar-refractivity contribution in [1.82, 2.24) is 9.62 Å². The van der Waals surface area contributed by atoms with Gasteiger partial charge in [0, 0.05) is 19.5 Å². The molecule has 0 aromatic heterocycles. The van der Waals surface area contributed by atoms with Crippen molar-refractivity contribution in [2.24, 2.45) is 11.8 Å². The Labute approximate surface area is 137 Å². The Kier molecular flexibility index (Phi) is 4.14. The van der Waals surface area contributed by atoms with Crippen LogP contribution in [-0.2, 0) is 16.4 Å². The second kappa shape index (κ2) is 5.67. The van der Waals surface area contributed by atoms with Gasteiger partial charge in [-0.25, -0.2) is 8.42 Å². The van der Waals surface area contributed by atoms with Crippen molar-refractivity contribution >= 4 is 22.4 Å². The minimum Gasteiger partial charge on any atom is -0.490 e. The monoisotopic (exact) mass is 344 g/mol. The highest BCUT2D eigenvalue weighted by molar-refractivity contribution is 7.89. The average Bonchev–Trinajstić information content (AvgIpc) is 3.09. The third-order valence-electron chi connectivity index (χ3n) is 4.86.